The molecule has 0 fully saturated rings. The minimum atomic E-state index is 0.704. The SMILES string of the molecule is C#CCN(C)Cc1cc(Br)cs1. The maximum atomic E-state index is 5.19. The summed E-state index contributed by atoms with van der Waals surface area (Å²) in [6.45, 7) is 1.63. The number of thiophene rings is 1. The van der Waals surface area contributed by atoms with Crippen LogP contribution in [0.4, 0.5) is 0 Å². The van der Waals surface area contributed by atoms with Gasteiger partial charge >= 0.3 is 0 Å². The zero-order valence-corrected chi connectivity index (χ0v) is 9.28. The fraction of sp³-hybridized carbons (Fsp3) is 0.333. The van der Waals surface area contributed by atoms with Crippen LogP contribution in [0.15, 0.2) is 15.9 Å². The molecule has 0 N–H and O–H groups in total. The molecule has 0 radical (unpaired) electrons. The third-order valence-corrected chi connectivity index (χ3v) is 3.09. The van der Waals surface area contributed by atoms with Gasteiger partial charge in [-0.25, -0.2) is 0 Å². The van der Waals surface area contributed by atoms with Crippen molar-refractivity contribution >= 4 is 27.3 Å². The molecule has 0 bridgehead atoms. The van der Waals surface area contributed by atoms with Gasteiger partial charge in [0.05, 0.1) is 6.54 Å². The Morgan fingerprint density at radius 1 is 1.75 bits per heavy atom. The number of terminal acetylenes is 1. The van der Waals surface area contributed by atoms with Crippen molar-refractivity contribution in [3.63, 3.8) is 0 Å². The van der Waals surface area contributed by atoms with Gasteiger partial charge in [0.1, 0.15) is 0 Å². The standard InChI is InChI=1S/C9H10BrNS/c1-3-4-11(2)6-9-5-8(10)7-12-9/h1,5,7H,4,6H2,2H3. The molecule has 1 nitrogen and oxygen atoms in total. The Kier molecular flexibility index (Phi) is 3.80. The minimum Gasteiger partial charge on any atom is -0.290 e. The van der Waals surface area contributed by atoms with Crippen molar-refractivity contribution < 1.29 is 0 Å². The van der Waals surface area contributed by atoms with Crippen LogP contribution in [0.1, 0.15) is 4.88 Å². The van der Waals surface area contributed by atoms with Crippen LogP contribution in [0.2, 0.25) is 0 Å². The highest BCUT2D eigenvalue weighted by Crippen LogP contribution is 2.20. The summed E-state index contributed by atoms with van der Waals surface area (Å²) in [6.07, 6.45) is 5.19. The van der Waals surface area contributed by atoms with Gasteiger partial charge in [-0.1, -0.05) is 5.92 Å². The Hall–Kier alpha value is -0.300. The van der Waals surface area contributed by atoms with E-state index in [0.29, 0.717) is 6.54 Å². The molecule has 0 spiro atoms. The zero-order valence-electron chi connectivity index (χ0n) is 6.88. The molecular weight excluding hydrogens is 234 g/mol. The van der Waals surface area contributed by atoms with E-state index in [9.17, 15) is 0 Å². The second kappa shape index (κ2) is 4.66. The third-order valence-electron chi connectivity index (χ3n) is 1.41. The summed E-state index contributed by atoms with van der Waals surface area (Å²) in [7, 11) is 2.02. The van der Waals surface area contributed by atoms with E-state index in [-0.39, 0.29) is 0 Å². The second-order valence-corrected chi connectivity index (χ2v) is 4.52. The third kappa shape index (κ3) is 2.98. The minimum absolute atomic E-state index is 0.704. The van der Waals surface area contributed by atoms with Crippen LogP contribution in [0.3, 0.4) is 0 Å². The second-order valence-electron chi connectivity index (χ2n) is 2.61. The highest BCUT2D eigenvalue weighted by Gasteiger charge is 2.00. The van der Waals surface area contributed by atoms with Gasteiger partial charge in [0, 0.05) is 21.3 Å². The van der Waals surface area contributed by atoms with E-state index in [0.717, 1.165) is 11.0 Å². The maximum Gasteiger partial charge on any atom is 0.0599 e. The van der Waals surface area contributed by atoms with E-state index < -0.39 is 0 Å². The molecule has 0 aromatic carbocycles. The lowest BCUT2D eigenvalue weighted by molar-refractivity contribution is 0.372. The van der Waals surface area contributed by atoms with E-state index in [1.54, 1.807) is 11.3 Å². The van der Waals surface area contributed by atoms with Crippen molar-refractivity contribution in [3.05, 3.63) is 20.8 Å². The molecule has 0 saturated carbocycles. The molecule has 0 atom stereocenters. The number of nitrogens with zero attached hydrogens (tertiary/aromatic N) is 1. The first-order chi connectivity index (χ1) is 5.72. The summed E-state index contributed by atoms with van der Waals surface area (Å²) in [5.41, 5.74) is 0. The van der Waals surface area contributed by atoms with Crippen molar-refractivity contribution in [1.82, 2.24) is 4.90 Å². The van der Waals surface area contributed by atoms with Crippen LogP contribution >= 0.6 is 27.3 Å². The Labute approximate surface area is 85.5 Å². The molecule has 0 aliphatic heterocycles. The smallest absolute Gasteiger partial charge is 0.0599 e. The van der Waals surface area contributed by atoms with E-state index >= 15 is 0 Å². The molecule has 0 unspecified atom stereocenters. The molecule has 0 aliphatic carbocycles. The predicted molar refractivity (Wildman–Crippen MR) is 57.2 cm³/mol. The van der Waals surface area contributed by atoms with Gasteiger partial charge in [-0.15, -0.1) is 17.8 Å². The molecule has 12 heavy (non-hydrogen) atoms. The summed E-state index contributed by atoms with van der Waals surface area (Å²) >= 11 is 5.16. The fourth-order valence-electron chi connectivity index (χ4n) is 0.914. The van der Waals surface area contributed by atoms with Gasteiger partial charge in [0.2, 0.25) is 0 Å². The molecule has 1 aromatic heterocycles. The summed E-state index contributed by atoms with van der Waals surface area (Å²) in [5.74, 6) is 2.61. The molecule has 64 valence electrons. The van der Waals surface area contributed by atoms with Gasteiger partial charge in [-0.05, 0) is 29.0 Å². The highest BCUT2D eigenvalue weighted by molar-refractivity contribution is 9.10. The Morgan fingerprint density at radius 3 is 3.00 bits per heavy atom. The van der Waals surface area contributed by atoms with Gasteiger partial charge in [-0.2, -0.15) is 0 Å². The van der Waals surface area contributed by atoms with E-state index in [1.807, 2.05) is 7.05 Å². The first kappa shape index (κ1) is 9.79. The van der Waals surface area contributed by atoms with Crippen LogP contribution in [0.5, 0.6) is 0 Å². The molecular formula is C9H10BrNS. The first-order valence-corrected chi connectivity index (χ1v) is 5.24. The number of hydrogen-bond acceptors (Lipinski definition) is 2. The summed E-state index contributed by atoms with van der Waals surface area (Å²) < 4.78 is 1.15. The van der Waals surface area contributed by atoms with Gasteiger partial charge in [-0.3, -0.25) is 4.90 Å². The fourth-order valence-corrected chi connectivity index (χ4v) is 2.44. The number of rotatable bonds is 3. The molecule has 1 aromatic rings. The Morgan fingerprint density at radius 2 is 2.50 bits per heavy atom. The Balaban J connectivity index is 2.47. The van der Waals surface area contributed by atoms with Gasteiger partial charge < -0.3 is 0 Å². The van der Waals surface area contributed by atoms with Crippen LogP contribution in [0.25, 0.3) is 0 Å². The zero-order chi connectivity index (χ0) is 8.97. The lowest BCUT2D eigenvalue weighted by Gasteiger charge is -2.10. The molecule has 0 saturated heterocycles. The lowest BCUT2D eigenvalue weighted by atomic mass is 10.4. The first-order valence-electron chi connectivity index (χ1n) is 3.57. The summed E-state index contributed by atoms with van der Waals surface area (Å²) in [4.78, 5) is 3.44. The van der Waals surface area contributed by atoms with Crippen molar-refractivity contribution in [2.24, 2.45) is 0 Å². The topological polar surface area (TPSA) is 3.24 Å². The molecule has 1 rings (SSSR count). The van der Waals surface area contributed by atoms with Crippen molar-refractivity contribution in [1.29, 1.82) is 0 Å². The van der Waals surface area contributed by atoms with Crippen LogP contribution in [-0.2, 0) is 6.54 Å². The van der Waals surface area contributed by atoms with Gasteiger partial charge in [0.15, 0.2) is 0 Å². The lowest BCUT2D eigenvalue weighted by Crippen LogP contribution is -2.16. The van der Waals surface area contributed by atoms with Crippen LogP contribution < -0.4 is 0 Å². The van der Waals surface area contributed by atoms with Crippen molar-refractivity contribution in [2.45, 2.75) is 6.54 Å². The average molecular weight is 244 g/mol. The summed E-state index contributed by atoms with van der Waals surface area (Å²) in [6, 6.07) is 2.12. The quantitative estimate of drug-likeness (QED) is 0.738. The van der Waals surface area contributed by atoms with Crippen LogP contribution in [0, 0.1) is 12.3 Å². The van der Waals surface area contributed by atoms with Crippen molar-refractivity contribution in [2.75, 3.05) is 13.6 Å². The monoisotopic (exact) mass is 243 g/mol. The molecule has 1 heterocycles. The van der Waals surface area contributed by atoms with E-state index in [1.165, 1.54) is 4.88 Å². The molecule has 0 aliphatic rings. The Bertz CT molecular complexity index is 287. The molecule has 3 heteroatoms. The number of halogens is 1. The normalized spacial score (nSPS) is 10.2. The average Bonchev–Trinajstić information content (AvgIpc) is 2.36. The predicted octanol–water partition coefficient (Wildman–Crippen LogP) is 2.58. The van der Waals surface area contributed by atoms with Gasteiger partial charge in [0.25, 0.3) is 0 Å². The van der Waals surface area contributed by atoms with E-state index in [2.05, 4.69) is 38.2 Å². The maximum absolute atomic E-state index is 5.19. The van der Waals surface area contributed by atoms with Crippen molar-refractivity contribution in [3.8, 4) is 12.3 Å². The largest absolute Gasteiger partial charge is 0.290 e. The summed E-state index contributed by atoms with van der Waals surface area (Å²) in [5, 5.41) is 2.08. The highest BCUT2D eigenvalue weighted by atomic mass is 79.9. The van der Waals surface area contributed by atoms with E-state index in [4.69, 9.17) is 6.42 Å². The number of hydrogen-bond donors (Lipinski definition) is 0. The van der Waals surface area contributed by atoms with Crippen LogP contribution in [-0.4, -0.2) is 18.5 Å². The molecule has 0 amide bonds.